The zero-order valence-corrected chi connectivity index (χ0v) is 17.9. The van der Waals surface area contributed by atoms with Gasteiger partial charge >= 0.3 is 0 Å². The van der Waals surface area contributed by atoms with Crippen molar-refractivity contribution in [1.82, 2.24) is 20.2 Å². The second kappa shape index (κ2) is 9.87. The largest absolute Gasteiger partial charge is 0.502 e. The monoisotopic (exact) mass is 411 g/mol. The predicted molar refractivity (Wildman–Crippen MR) is 118 cm³/mol. The number of aromatic nitrogens is 2. The van der Waals surface area contributed by atoms with Crippen molar-refractivity contribution in [1.29, 1.82) is 0 Å². The fraction of sp³-hybridized carbons (Fsp3) is 0.364. The van der Waals surface area contributed by atoms with Gasteiger partial charge in [0.25, 0.3) is 0 Å². The number of para-hydroxylation sites is 2. The highest BCUT2D eigenvalue weighted by Crippen LogP contribution is 2.36. The third-order valence-electron chi connectivity index (χ3n) is 4.92. The quantitative estimate of drug-likeness (QED) is 0.300. The zero-order chi connectivity index (χ0) is 21.5. The minimum absolute atomic E-state index is 0.00595. The summed E-state index contributed by atoms with van der Waals surface area (Å²) in [6.07, 6.45) is 0.933. The van der Waals surface area contributed by atoms with Gasteiger partial charge < -0.3 is 29.8 Å². The lowest BCUT2D eigenvalue weighted by molar-refractivity contribution is 0.339. The highest BCUT2D eigenvalue weighted by molar-refractivity contribution is 5.79. The van der Waals surface area contributed by atoms with Crippen molar-refractivity contribution in [2.45, 2.75) is 26.4 Å². The Morgan fingerprint density at radius 1 is 1.13 bits per heavy atom. The van der Waals surface area contributed by atoms with E-state index in [0.717, 1.165) is 41.9 Å². The Kier molecular flexibility index (Phi) is 7.00. The first-order chi connectivity index (χ1) is 14.6. The standard InChI is InChI=1S/C22H29N5O3/c1-15-26-17-8-5-6-9-18(17)27(15)11-7-10-24-22(23-2)25-14-16-12-19(29-3)21(28)20(13-16)30-4/h5-6,8-9,12-13,28H,7,10-11,14H2,1-4H3,(H2,23,24,25). The molecule has 1 aromatic heterocycles. The summed E-state index contributed by atoms with van der Waals surface area (Å²) in [6.45, 7) is 4.20. The molecule has 0 saturated carbocycles. The van der Waals surface area contributed by atoms with Crippen LogP contribution in [0.3, 0.4) is 0 Å². The number of nitrogens with one attached hydrogen (secondary N) is 2. The first kappa shape index (κ1) is 21.3. The topological polar surface area (TPSA) is 92.9 Å². The molecule has 0 amide bonds. The number of rotatable bonds is 8. The minimum Gasteiger partial charge on any atom is -0.502 e. The highest BCUT2D eigenvalue weighted by atomic mass is 16.5. The van der Waals surface area contributed by atoms with Gasteiger partial charge in [-0.2, -0.15) is 0 Å². The lowest BCUT2D eigenvalue weighted by Gasteiger charge is -2.14. The number of phenols is 1. The number of aliphatic imine (C=N–C) groups is 1. The van der Waals surface area contributed by atoms with Gasteiger partial charge in [0.1, 0.15) is 5.82 Å². The molecule has 0 aliphatic rings. The number of fused-ring (bicyclic) bond motifs is 1. The predicted octanol–water partition coefficient (Wildman–Crippen LogP) is 2.82. The van der Waals surface area contributed by atoms with Gasteiger partial charge in [0.05, 0.1) is 25.3 Å². The van der Waals surface area contributed by atoms with Crippen LogP contribution in [0.5, 0.6) is 17.2 Å². The molecule has 0 atom stereocenters. The van der Waals surface area contributed by atoms with Gasteiger partial charge in [-0.05, 0) is 43.2 Å². The van der Waals surface area contributed by atoms with Gasteiger partial charge in [-0.25, -0.2) is 4.98 Å². The van der Waals surface area contributed by atoms with Crippen LogP contribution in [0, 0.1) is 6.92 Å². The molecule has 1 heterocycles. The van der Waals surface area contributed by atoms with E-state index in [4.69, 9.17) is 9.47 Å². The van der Waals surface area contributed by atoms with Gasteiger partial charge in [0.15, 0.2) is 17.5 Å². The van der Waals surface area contributed by atoms with Crippen molar-refractivity contribution in [3.63, 3.8) is 0 Å². The summed E-state index contributed by atoms with van der Waals surface area (Å²) in [6, 6.07) is 11.7. The SMILES string of the molecule is CN=C(NCCCn1c(C)nc2ccccc21)NCc1cc(OC)c(O)c(OC)c1. The lowest BCUT2D eigenvalue weighted by atomic mass is 10.2. The van der Waals surface area contributed by atoms with Crippen LogP contribution in [0.15, 0.2) is 41.4 Å². The molecule has 0 saturated heterocycles. The third-order valence-corrected chi connectivity index (χ3v) is 4.92. The highest BCUT2D eigenvalue weighted by Gasteiger charge is 2.11. The van der Waals surface area contributed by atoms with Crippen LogP contribution in [0.2, 0.25) is 0 Å². The summed E-state index contributed by atoms with van der Waals surface area (Å²) >= 11 is 0. The summed E-state index contributed by atoms with van der Waals surface area (Å²) in [4.78, 5) is 8.88. The van der Waals surface area contributed by atoms with Gasteiger partial charge in [-0.1, -0.05) is 12.1 Å². The first-order valence-corrected chi connectivity index (χ1v) is 9.87. The van der Waals surface area contributed by atoms with Gasteiger partial charge in [-0.3, -0.25) is 4.99 Å². The number of methoxy groups -OCH3 is 2. The molecule has 0 bridgehead atoms. The molecule has 8 heteroatoms. The molecule has 3 N–H and O–H groups in total. The molecule has 0 aliphatic carbocycles. The molecule has 3 aromatic rings. The first-order valence-electron chi connectivity index (χ1n) is 9.87. The van der Waals surface area contributed by atoms with Gasteiger partial charge in [0.2, 0.25) is 5.75 Å². The van der Waals surface area contributed by atoms with Crippen LogP contribution in [-0.2, 0) is 13.1 Å². The molecule has 0 spiro atoms. The fourth-order valence-electron chi connectivity index (χ4n) is 3.38. The lowest BCUT2D eigenvalue weighted by Crippen LogP contribution is -2.37. The maximum absolute atomic E-state index is 10.0. The number of aromatic hydroxyl groups is 1. The molecule has 0 radical (unpaired) electrons. The van der Waals surface area contributed by atoms with Gasteiger partial charge in [-0.15, -0.1) is 0 Å². The molecular weight excluding hydrogens is 382 g/mol. The van der Waals surface area contributed by atoms with Crippen LogP contribution >= 0.6 is 0 Å². The number of ether oxygens (including phenoxy) is 2. The number of guanidine groups is 1. The van der Waals surface area contributed by atoms with E-state index in [-0.39, 0.29) is 5.75 Å². The Morgan fingerprint density at radius 3 is 2.50 bits per heavy atom. The molecule has 0 fully saturated rings. The van der Waals surface area contributed by atoms with E-state index in [2.05, 4.69) is 31.2 Å². The van der Waals surface area contributed by atoms with E-state index in [1.165, 1.54) is 14.2 Å². The van der Waals surface area contributed by atoms with E-state index in [1.807, 2.05) is 25.1 Å². The maximum atomic E-state index is 10.0. The summed E-state index contributed by atoms with van der Waals surface area (Å²) in [5.74, 6) is 2.46. The fourth-order valence-corrected chi connectivity index (χ4v) is 3.38. The van der Waals surface area contributed by atoms with Crippen LogP contribution in [-0.4, -0.2) is 48.4 Å². The number of hydrogen-bond acceptors (Lipinski definition) is 5. The molecule has 0 aliphatic heterocycles. The van der Waals surface area contributed by atoms with Crippen LogP contribution in [0.25, 0.3) is 11.0 Å². The number of nitrogens with zero attached hydrogens (tertiary/aromatic N) is 3. The summed E-state index contributed by atoms with van der Waals surface area (Å²) < 4.78 is 12.6. The molecule has 8 nitrogen and oxygen atoms in total. The van der Waals surface area contributed by atoms with E-state index < -0.39 is 0 Å². The van der Waals surface area contributed by atoms with Crippen molar-refractivity contribution >= 4 is 17.0 Å². The zero-order valence-electron chi connectivity index (χ0n) is 17.9. The molecule has 30 heavy (non-hydrogen) atoms. The number of benzene rings is 2. The Labute approximate surface area is 176 Å². The van der Waals surface area contributed by atoms with Crippen molar-refractivity contribution in [3.05, 3.63) is 47.8 Å². The molecular formula is C22H29N5O3. The minimum atomic E-state index is -0.00595. The van der Waals surface area contributed by atoms with Crippen LogP contribution < -0.4 is 20.1 Å². The van der Waals surface area contributed by atoms with Gasteiger partial charge in [0, 0.05) is 26.7 Å². The summed E-state index contributed by atoms with van der Waals surface area (Å²) in [7, 11) is 4.76. The van der Waals surface area contributed by atoms with E-state index in [9.17, 15) is 5.11 Å². The molecule has 2 aromatic carbocycles. The Morgan fingerprint density at radius 2 is 1.83 bits per heavy atom. The molecule has 160 valence electrons. The second-order valence-electron chi connectivity index (χ2n) is 6.85. The van der Waals surface area contributed by atoms with E-state index in [1.54, 1.807) is 19.2 Å². The second-order valence-corrected chi connectivity index (χ2v) is 6.85. The van der Waals surface area contributed by atoms with Crippen molar-refractivity contribution < 1.29 is 14.6 Å². The number of phenolic OH excluding ortho intramolecular Hbond substituents is 1. The third kappa shape index (κ3) is 4.76. The number of hydrogen-bond donors (Lipinski definition) is 3. The average molecular weight is 412 g/mol. The smallest absolute Gasteiger partial charge is 0.200 e. The van der Waals surface area contributed by atoms with Crippen molar-refractivity contribution in [2.75, 3.05) is 27.8 Å². The Bertz CT molecular complexity index is 1000. The molecule has 3 rings (SSSR count). The normalized spacial score (nSPS) is 11.5. The summed E-state index contributed by atoms with van der Waals surface area (Å²) in [5, 5.41) is 16.6. The van der Waals surface area contributed by atoms with E-state index in [0.29, 0.717) is 24.0 Å². The summed E-state index contributed by atoms with van der Waals surface area (Å²) in [5.41, 5.74) is 3.10. The Hall–Kier alpha value is -3.42. The van der Waals surface area contributed by atoms with Crippen molar-refractivity contribution in [3.8, 4) is 17.2 Å². The van der Waals surface area contributed by atoms with Crippen molar-refractivity contribution in [2.24, 2.45) is 4.99 Å². The Balaban J connectivity index is 1.52. The van der Waals surface area contributed by atoms with Crippen LogP contribution in [0.1, 0.15) is 17.8 Å². The molecule has 0 unspecified atom stereocenters. The van der Waals surface area contributed by atoms with Crippen LogP contribution in [0.4, 0.5) is 0 Å². The maximum Gasteiger partial charge on any atom is 0.200 e. The average Bonchev–Trinajstić information content (AvgIpc) is 3.09. The number of imidazole rings is 1. The van der Waals surface area contributed by atoms with E-state index >= 15 is 0 Å². The number of aryl methyl sites for hydroxylation is 2.